The Kier molecular flexibility index (Phi) is 5.64. The summed E-state index contributed by atoms with van der Waals surface area (Å²) in [6.07, 6.45) is 2.33. The van der Waals surface area contributed by atoms with Gasteiger partial charge < -0.3 is 21.7 Å². The number of benzene rings is 1. The predicted molar refractivity (Wildman–Crippen MR) is 126 cm³/mol. The van der Waals surface area contributed by atoms with Crippen molar-refractivity contribution in [3.8, 4) is 0 Å². The van der Waals surface area contributed by atoms with Crippen LogP contribution in [0.15, 0.2) is 36.4 Å². The number of anilines is 1. The Balaban J connectivity index is 1.40. The van der Waals surface area contributed by atoms with Crippen LogP contribution in [-0.2, 0) is 16.1 Å². The van der Waals surface area contributed by atoms with Gasteiger partial charge in [-0.15, -0.1) is 0 Å². The monoisotopic (exact) mass is 495 g/mol. The maximum Gasteiger partial charge on any atom is 0.269 e. The highest BCUT2D eigenvalue weighted by Crippen LogP contribution is 2.43. The number of nitrogens with two attached hydrogens (primary N) is 2. The average Bonchev–Trinajstić information content (AvgIpc) is 3.52. The molecule has 0 radical (unpaired) electrons. The van der Waals surface area contributed by atoms with Crippen LogP contribution < -0.4 is 16.8 Å². The smallest absolute Gasteiger partial charge is 0.269 e. The first-order valence-electron chi connectivity index (χ1n) is 11.1. The summed E-state index contributed by atoms with van der Waals surface area (Å²) in [5.41, 5.74) is 11.6. The Labute approximate surface area is 204 Å². The number of rotatable bonds is 6. The van der Waals surface area contributed by atoms with E-state index in [0.29, 0.717) is 17.3 Å². The highest BCUT2D eigenvalue weighted by atomic mass is 35.5. The van der Waals surface area contributed by atoms with Crippen LogP contribution in [-0.4, -0.2) is 55.4 Å². The van der Waals surface area contributed by atoms with Crippen molar-refractivity contribution in [2.45, 2.75) is 37.9 Å². The van der Waals surface area contributed by atoms with Crippen molar-refractivity contribution in [2.24, 2.45) is 17.4 Å². The molecule has 5 rings (SSSR count). The number of carbonyl (C=O) groups excluding carboxylic acids is 4. The molecule has 1 saturated carbocycles. The fourth-order valence-electron chi connectivity index (χ4n) is 5.23. The summed E-state index contributed by atoms with van der Waals surface area (Å²) in [6, 6.07) is 8.87. The molecule has 1 aliphatic carbocycles. The van der Waals surface area contributed by atoms with Gasteiger partial charge in [-0.1, -0.05) is 29.8 Å². The fraction of sp³-hybridized carbons (Fsp3) is 0.304. The number of fused-ring (bicyclic) bond motifs is 3. The zero-order chi connectivity index (χ0) is 24.9. The van der Waals surface area contributed by atoms with Gasteiger partial charge in [0.1, 0.15) is 23.6 Å². The first-order valence-corrected chi connectivity index (χ1v) is 11.5. The van der Waals surface area contributed by atoms with E-state index in [1.165, 1.54) is 16.8 Å². The molecular weight excluding hydrogens is 474 g/mol. The Morgan fingerprint density at radius 2 is 1.86 bits per heavy atom. The lowest BCUT2D eigenvalue weighted by atomic mass is 9.97. The summed E-state index contributed by atoms with van der Waals surface area (Å²) in [7, 11) is 0. The number of pyridine rings is 1. The first-order chi connectivity index (χ1) is 16.7. The number of likely N-dealkylation sites (tertiary alicyclic amines) is 1. The van der Waals surface area contributed by atoms with Crippen molar-refractivity contribution >= 4 is 52.0 Å². The molecule has 2 fully saturated rings. The van der Waals surface area contributed by atoms with Crippen LogP contribution in [0.3, 0.4) is 0 Å². The normalized spacial score (nSPS) is 20.8. The second-order valence-electron chi connectivity index (χ2n) is 8.78. The Hall–Kier alpha value is -3.99. The number of para-hydroxylation sites is 1. The van der Waals surface area contributed by atoms with Gasteiger partial charge in [-0.05, 0) is 43.4 Å². The number of carbonyl (C=O) groups is 4. The maximum absolute atomic E-state index is 13.5. The minimum absolute atomic E-state index is 0.00529. The van der Waals surface area contributed by atoms with E-state index in [4.69, 9.17) is 23.1 Å². The quantitative estimate of drug-likeness (QED) is 0.436. The summed E-state index contributed by atoms with van der Waals surface area (Å²) in [4.78, 5) is 55.8. The lowest BCUT2D eigenvalue weighted by molar-refractivity contribution is -0.141. The number of primary amides is 2. The van der Waals surface area contributed by atoms with Gasteiger partial charge in [0.25, 0.3) is 5.91 Å². The highest BCUT2D eigenvalue weighted by molar-refractivity contribution is 6.30. The van der Waals surface area contributed by atoms with E-state index in [-0.39, 0.29) is 46.6 Å². The second kappa shape index (κ2) is 8.66. The van der Waals surface area contributed by atoms with E-state index in [2.05, 4.69) is 15.4 Å². The molecule has 11 nitrogen and oxygen atoms in total. The standard InChI is InChI=1S/C23H22ClN7O4/c24-16-8-12(21(25)33)9-17(27-16)28-23(35)20-11-5-6-13(7-11)31(20)18(32)10-30-15-4-2-1-3-14(15)19(29-30)22(26)34/h1-4,8-9,11,13,20H,5-7,10H2,(H2,25,33)(H2,26,34)(H,27,28,35)/t11-,13+,20-/m0/s1. The molecule has 1 aliphatic heterocycles. The van der Waals surface area contributed by atoms with Gasteiger partial charge in [0.05, 0.1) is 5.52 Å². The third-order valence-corrected chi connectivity index (χ3v) is 6.84. The molecule has 1 aromatic carbocycles. The molecule has 2 aromatic heterocycles. The van der Waals surface area contributed by atoms with Crippen molar-refractivity contribution in [3.63, 3.8) is 0 Å². The van der Waals surface area contributed by atoms with Gasteiger partial charge >= 0.3 is 0 Å². The largest absolute Gasteiger partial charge is 0.366 e. The van der Waals surface area contributed by atoms with Crippen LogP contribution in [0.2, 0.25) is 5.15 Å². The molecule has 0 spiro atoms. The molecule has 4 amide bonds. The first kappa shape index (κ1) is 22.8. The SMILES string of the molecule is NC(=O)c1cc(Cl)nc(NC(=O)[C@@H]2[C@H]3CC[C@H](C3)N2C(=O)Cn2nc(C(N)=O)c3ccccc32)c1. The van der Waals surface area contributed by atoms with Crippen LogP contribution >= 0.6 is 11.6 Å². The van der Waals surface area contributed by atoms with Gasteiger partial charge in [0.2, 0.25) is 17.7 Å². The number of aromatic nitrogens is 3. The molecule has 0 unspecified atom stereocenters. The molecule has 1 saturated heterocycles. The fourth-order valence-corrected chi connectivity index (χ4v) is 5.44. The van der Waals surface area contributed by atoms with Crippen molar-refractivity contribution < 1.29 is 19.2 Å². The molecule has 3 heterocycles. The average molecular weight is 496 g/mol. The van der Waals surface area contributed by atoms with E-state index in [9.17, 15) is 19.2 Å². The number of nitrogens with zero attached hydrogens (tertiary/aromatic N) is 4. The third kappa shape index (κ3) is 4.08. The van der Waals surface area contributed by atoms with Crippen LogP contribution in [0.25, 0.3) is 10.9 Å². The molecule has 35 heavy (non-hydrogen) atoms. The van der Waals surface area contributed by atoms with Crippen molar-refractivity contribution in [1.82, 2.24) is 19.7 Å². The van der Waals surface area contributed by atoms with E-state index >= 15 is 0 Å². The lowest BCUT2D eigenvalue weighted by Crippen LogP contribution is -2.52. The van der Waals surface area contributed by atoms with Crippen molar-refractivity contribution in [1.29, 1.82) is 0 Å². The molecular formula is C23H22ClN7O4. The summed E-state index contributed by atoms with van der Waals surface area (Å²) in [6.45, 7) is -0.151. The summed E-state index contributed by atoms with van der Waals surface area (Å²) >= 11 is 5.96. The number of halogens is 1. The number of hydrogen-bond acceptors (Lipinski definition) is 6. The molecule has 2 aliphatic rings. The predicted octanol–water partition coefficient (Wildman–Crippen LogP) is 1.30. The van der Waals surface area contributed by atoms with Crippen molar-refractivity contribution in [3.05, 3.63) is 52.8 Å². The number of amides is 4. The zero-order valence-electron chi connectivity index (χ0n) is 18.5. The number of hydrogen-bond donors (Lipinski definition) is 3. The molecule has 180 valence electrons. The van der Waals surface area contributed by atoms with E-state index in [1.54, 1.807) is 29.2 Å². The van der Waals surface area contributed by atoms with Crippen LogP contribution in [0, 0.1) is 5.92 Å². The third-order valence-electron chi connectivity index (χ3n) is 6.65. The molecule has 3 aromatic rings. The number of piperidine rings is 1. The van der Waals surface area contributed by atoms with E-state index < -0.39 is 23.8 Å². The molecule has 2 bridgehead atoms. The van der Waals surface area contributed by atoms with Gasteiger partial charge in [-0.25, -0.2) is 4.98 Å². The number of nitrogens with one attached hydrogen (secondary N) is 1. The minimum atomic E-state index is -0.712. The Bertz CT molecular complexity index is 1390. The topological polar surface area (TPSA) is 166 Å². The summed E-state index contributed by atoms with van der Waals surface area (Å²) < 4.78 is 1.44. The second-order valence-corrected chi connectivity index (χ2v) is 9.16. The lowest BCUT2D eigenvalue weighted by Gasteiger charge is -2.34. The maximum atomic E-state index is 13.5. The van der Waals surface area contributed by atoms with Crippen molar-refractivity contribution in [2.75, 3.05) is 5.32 Å². The Morgan fingerprint density at radius 1 is 1.09 bits per heavy atom. The Morgan fingerprint density at radius 3 is 2.60 bits per heavy atom. The summed E-state index contributed by atoms with van der Waals surface area (Å²) in [5, 5.41) is 7.51. The molecule has 5 N–H and O–H groups in total. The van der Waals surface area contributed by atoms with Crippen LogP contribution in [0.1, 0.15) is 40.1 Å². The van der Waals surface area contributed by atoms with Gasteiger partial charge in [0.15, 0.2) is 5.69 Å². The van der Waals surface area contributed by atoms with E-state index in [0.717, 1.165) is 12.8 Å². The van der Waals surface area contributed by atoms with Gasteiger partial charge in [-0.3, -0.25) is 23.9 Å². The van der Waals surface area contributed by atoms with Crippen LogP contribution in [0.5, 0.6) is 0 Å². The van der Waals surface area contributed by atoms with Crippen LogP contribution in [0.4, 0.5) is 5.82 Å². The molecule has 12 heteroatoms. The minimum Gasteiger partial charge on any atom is -0.366 e. The van der Waals surface area contributed by atoms with E-state index in [1.807, 2.05) is 0 Å². The zero-order valence-corrected chi connectivity index (χ0v) is 19.2. The summed E-state index contributed by atoms with van der Waals surface area (Å²) in [5.74, 6) is -2.03. The van der Waals surface area contributed by atoms with Gasteiger partial charge in [0, 0.05) is 17.0 Å². The van der Waals surface area contributed by atoms with Gasteiger partial charge in [-0.2, -0.15) is 5.10 Å². The highest BCUT2D eigenvalue weighted by Gasteiger charge is 2.51. The molecule has 3 atom stereocenters.